The molecule has 3 aromatic heterocycles. The standard InChI is InChI=1S/C38H24N6/c1-5-13-25(14-6-1)30-23-31(43-37(42-30)28-19-11-4-12-20-28)38-41-24-29-34(44-38)32(26-15-7-2-8-16-26)33(27-17-9-3-10-18-27)36-35(29)39-21-22-40-36/h1-24H. The summed E-state index contributed by atoms with van der Waals surface area (Å²) in [5, 5.41) is 0.830. The Labute approximate surface area is 253 Å². The van der Waals surface area contributed by atoms with Crippen molar-refractivity contribution in [1.82, 2.24) is 29.9 Å². The van der Waals surface area contributed by atoms with E-state index in [4.69, 9.17) is 29.9 Å². The van der Waals surface area contributed by atoms with Crippen molar-refractivity contribution in [3.63, 3.8) is 0 Å². The molecule has 0 unspecified atom stereocenters. The Hall–Kier alpha value is -6.14. The molecule has 5 aromatic carbocycles. The van der Waals surface area contributed by atoms with Gasteiger partial charge in [0.1, 0.15) is 11.2 Å². The summed E-state index contributed by atoms with van der Waals surface area (Å²) >= 11 is 0. The molecular weight excluding hydrogens is 540 g/mol. The molecular formula is C38H24N6. The van der Waals surface area contributed by atoms with Gasteiger partial charge in [-0.25, -0.2) is 19.9 Å². The lowest BCUT2D eigenvalue weighted by molar-refractivity contribution is 1.13. The van der Waals surface area contributed by atoms with Gasteiger partial charge in [-0.15, -0.1) is 0 Å². The minimum Gasteiger partial charge on any atom is -0.252 e. The molecule has 0 aliphatic heterocycles. The normalized spacial score (nSPS) is 11.2. The summed E-state index contributed by atoms with van der Waals surface area (Å²) in [5.41, 5.74) is 9.73. The van der Waals surface area contributed by atoms with Gasteiger partial charge in [0.2, 0.25) is 0 Å². The second-order valence-corrected chi connectivity index (χ2v) is 10.4. The number of hydrogen-bond acceptors (Lipinski definition) is 6. The largest absolute Gasteiger partial charge is 0.252 e. The average molecular weight is 565 g/mol. The van der Waals surface area contributed by atoms with Crippen molar-refractivity contribution in [2.24, 2.45) is 0 Å². The molecule has 206 valence electrons. The van der Waals surface area contributed by atoms with Crippen molar-refractivity contribution in [3.05, 3.63) is 146 Å². The van der Waals surface area contributed by atoms with Crippen molar-refractivity contribution in [3.8, 4) is 56.4 Å². The SMILES string of the molecule is c1ccc(-c2cc(-c3ncc4c(n3)c(-c3ccccc3)c(-c3ccccc3)c3nccnc34)nc(-c3ccccc3)n2)cc1. The third-order valence-electron chi connectivity index (χ3n) is 7.65. The van der Waals surface area contributed by atoms with Gasteiger partial charge in [0.05, 0.1) is 16.7 Å². The number of nitrogens with zero attached hydrogens (tertiary/aromatic N) is 6. The predicted octanol–water partition coefficient (Wildman–Crippen LogP) is 8.70. The molecule has 0 saturated heterocycles. The third kappa shape index (κ3) is 4.55. The number of aromatic nitrogens is 6. The molecule has 6 nitrogen and oxygen atoms in total. The van der Waals surface area contributed by atoms with Crippen molar-refractivity contribution < 1.29 is 0 Å². The lowest BCUT2D eigenvalue weighted by Crippen LogP contribution is -2.01. The highest BCUT2D eigenvalue weighted by atomic mass is 15.0. The van der Waals surface area contributed by atoms with Crippen LogP contribution in [0.3, 0.4) is 0 Å². The third-order valence-corrected chi connectivity index (χ3v) is 7.65. The van der Waals surface area contributed by atoms with Crippen LogP contribution in [0, 0.1) is 0 Å². The fourth-order valence-electron chi connectivity index (χ4n) is 5.63. The molecule has 0 aliphatic rings. The maximum absolute atomic E-state index is 5.26. The van der Waals surface area contributed by atoms with Crippen LogP contribution in [0.1, 0.15) is 0 Å². The first-order chi connectivity index (χ1) is 21.8. The van der Waals surface area contributed by atoms with Crippen molar-refractivity contribution in [2.75, 3.05) is 0 Å². The van der Waals surface area contributed by atoms with Gasteiger partial charge < -0.3 is 0 Å². The first kappa shape index (κ1) is 25.6. The zero-order valence-corrected chi connectivity index (χ0v) is 23.5. The van der Waals surface area contributed by atoms with E-state index in [0.29, 0.717) is 17.3 Å². The summed E-state index contributed by atoms with van der Waals surface area (Å²) in [6.45, 7) is 0. The van der Waals surface area contributed by atoms with Crippen LogP contribution in [0.5, 0.6) is 0 Å². The van der Waals surface area contributed by atoms with Crippen molar-refractivity contribution >= 4 is 21.9 Å². The van der Waals surface area contributed by atoms with Crippen LogP contribution >= 0.6 is 0 Å². The maximum Gasteiger partial charge on any atom is 0.178 e. The van der Waals surface area contributed by atoms with Gasteiger partial charge in [0.15, 0.2) is 11.6 Å². The minimum absolute atomic E-state index is 0.508. The zero-order valence-electron chi connectivity index (χ0n) is 23.5. The van der Waals surface area contributed by atoms with E-state index in [2.05, 4.69) is 24.3 Å². The number of rotatable bonds is 5. The van der Waals surface area contributed by atoms with Gasteiger partial charge in [-0.2, -0.15) is 0 Å². The summed E-state index contributed by atoms with van der Waals surface area (Å²) in [7, 11) is 0. The van der Waals surface area contributed by atoms with E-state index in [1.165, 1.54) is 0 Å². The predicted molar refractivity (Wildman–Crippen MR) is 175 cm³/mol. The molecule has 0 bridgehead atoms. The van der Waals surface area contributed by atoms with E-state index >= 15 is 0 Å². The van der Waals surface area contributed by atoms with Crippen LogP contribution in [0.4, 0.5) is 0 Å². The monoisotopic (exact) mass is 564 g/mol. The van der Waals surface area contributed by atoms with E-state index in [9.17, 15) is 0 Å². The highest BCUT2D eigenvalue weighted by molar-refractivity contribution is 6.17. The summed E-state index contributed by atoms with van der Waals surface area (Å²) in [6.07, 6.45) is 5.31. The van der Waals surface area contributed by atoms with Gasteiger partial charge in [-0.1, -0.05) is 121 Å². The van der Waals surface area contributed by atoms with Crippen LogP contribution < -0.4 is 0 Å². The van der Waals surface area contributed by atoms with E-state index in [1.807, 2.05) is 109 Å². The lowest BCUT2D eigenvalue weighted by atomic mass is 9.90. The summed E-state index contributed by atoms with van der Waals surface area (Å²) in [4.78, 5) is 29.6. The Bertz CT molecular complexity index is 2200. The fourth-order valence-corrected chi connectivity index (χ4v) is 5.63. The Morgan fingerprint density at radius 2 is 0.864 bits per heavy atom. The first-order valence-corrected chi connectivity index (χ1v) is 14.4. The van der Waals surface area contributed by atoms with Crippen LogP contribution in [-0.2, 0) is 0 Å². The van der Waals surface area contributed by atoms with Gasteiger partial charge in [-0.3, -0.25) is 9.97 Å². The second-order valence-electron chi connectivity index (χ2n) is 10.4. The zero-order chi connectivity index (χ0) is 29.3. The van der Waals surface area contributed by atoms with Crippen LogP contribution in [0.15, 0.2) is 146 Å². The van der Waals surface area contributed by atoms with Crippen LogP contribution in [0.2, 0.25) is 0 Å². The molecule has 8 aromatic rings. The van der Waals surface area contributed by atoms with E-state index < -0.39 is 0 Å². The van der Waals surface area contributed by atoms with Gasteiger partial charge >= 0.3 is 0 Å². The van der Waals surface area contributed by atoms with Gasteiger partial charge in [0.25, 0.3) is 0 Å². The molecule has 0 N–H and O–H groups in total. The molecule has 3 heterocycles. The topological polar surface area (TPSA) is 77.3 Å². The Balaban J connectivity index is 1.45. The summed E-state index contributed by atoms with van der Waals surface area (Å²) in [6, 6.07) is 42.7. The molecule has 0 spiro atoms. The smallest absolute Gasteiger partial charge is 0.178 e. The van der Waals surface area contributed by atoms with Crippen LogP contribution in [0.25, 0.3) is 78.4 Å². The van der Waals surface area contributed by atoms with E-state index in [0.717, 1.165) is 61.0 Å². The average Bonchev–Trinajstić information content (AvgIpc) is 3.12. The van der Waals surface area contributed by atoms with Gasteiger partial charge in [0, 0.05) is 46.2 Å². The number of fused-ring (bicyclic) bond motifs is 3. The van der Waals surface area contributed by atoms with Crippen molar-refractivity contribution in [2.45, 2.75) is 0 Å². The molecule has 0 fully saturated rings. The Morgan fingerprint density at radius 1 is 0.364 bits per heavy atom. The summed E-state index contributed by atoms with van der Waals surface area (Å²) < 4.78 is 0. The number of hydrogen-bond donors (Lipinski definition) is 0. The summed E-state index contributed by atoms with van der Waals surface area (Å²) in [5.74, 6) is 1.12. The van der Waals surface area contributed by atoms with Crippen molar-refractivity contribution in [1.29, 1.82) is 0 Å². The fraction of sp³-hybridized carbons (Fsp3) is 0. The Kier molecular flexibility index (Phi) is 6.35. The molecule has 0 atom stereocenters. The highest BCUT2D eigenvalue weighted by Gasteiger charge is 2.22. The molecule has 0 saturated carbocycles. The molecule has 44 heavy (non-hydrogen) atoms. The molecule has 6 heteroatoms. The maximum atomic E-state index is 5.26. The second kappa shape index (κ2) is 10.9. The quantitative estimate of drug-likeness (QED) is 0.195. The lowest BCUT2D eigenvalue weighted by Gasteiger charge is -2.17. The number of benzene rings is 5. The minimum atomic E-state index is 0.508. The highest BCUT2D eigenvalue weighted by Crippen LogP contribution is 2.42. The van der Waals surface area contributed by atoms with E-state index in [1.54, 1.807) is 12.4 Å². The van der Waals surface area contributed by atoms with Crippen LogP contribution in [-0.4, -0.2) is 29.9 Å². The molecule has 0 aliphatic carbocycles. The molecule has 0 radical (unpaired) electrons. The van der Waals surface area contributed by atoms with Gasteiger partial charge in [-0.05, 0) is 17.2 Å². The molecule has 0 amide bonds. The Morgan fingerprint density at radius 3 is 1.48 bits per heavy atom. The first-order valence-electron chi connectivity index (χ1n) is 14.4. The molecule has 8 rings (SSSR count). The van der Waals surface area contributed by atoms with E-state index in [-0.39, 0.29) is 0 Å².